The lowest BCUT2D eigenvalue weighted by atomic mass is 10.2. The van der Waals surface area contributed by atoms with Crippen LogP contribution in [0.3, 0.4) is 0 Å². The molecule has 0 saturated carbocycles. The van der Waals surface area contributed by atoms with Crippen molar-refractivity contribution in [2.75, 3.05) is 11.9 Å². The molecule has 20 heavy (non-hydrogen) atoms. The van der Waals surface area contributed by atoms with E-state index in [9.17, 15) is 0 Å². The van der Waals surface area contributed by atoms with E-state index in [-0.39, 0.29) is 0 Å². The first-order valence-corrected chi connectivity index (χ1v) is 6.92. The molecule has 3 nitrogen and oxygen atoms in total. The van der Waals surface area contributed by atoms with Crippen molar-refractivity contribution in [1.29, 1.82) is 0 Å². The molecule has 0 aliphatic rings. The second-order valence-electron chi connectivity index (χ2n) is 4.45. The quantitative estimate of drug-likeness (QED) is 0.775. The topological polar surface area (TPSA) is 37.8 Å². The number of benzene rings is 2. The maximum Gasteiger partial charge on any atom is 0.162 e. The summed E-state index contributed by atoms with van der Waals surface area (Å²) in [5, 5.41) is 5.04. The smallest absolute Gasteiger partial charge is 0.162 e. The van der Waals surface area contributed by atoms with Gasteiger partial charge in [0.15, 0.2) is 5.82 Å². The molecule has 2 aromatic carbocycles. The van der Waals surface area contributed by atoms with Gasteiger partial charge in [0.2, 0.25) is 0 Å². The summed E-state index contributed by atoms with van der Waals surface area (Å²) < 4.78 is 0. The number of anilines is 1. The third-order valence-electron chi connectivity index (χ3n) is 3.05. The van der Waals surface area contributed by atoms with Gasteiger partial charge in [-0.3, -0.25) is 0 Å². The van der Waals surface area contributed by atoms with Gasteiger partial charge >= 0.3 is 0 Å². The van der Waals surface area contributed by atoms with Gasteiger partial charge in [0.05, 0.1) is 5.52 Å². The number of para-hydroxylation sites is 1. The molecule has 1 aromatic heterocycles. The van der Waals surface area contributed by atoms with Crippen molar-refractivity contribution in [3.05, 3.63) is 53.6 Å². The molecule has 4 heteroatoms. The molecular formula is C16H14ClN3. The van der Waals surface area contributed by atoms with E-state index in [1.54, 1.807) is 0 Å². The average Bonchev–Trinajstić information content (AvgIpc) is 2.48. The van der Waals surface area contributed by atoms with E-state index in [0.29, 0.717) is 10.8 Å². The number of hydrogen-bond donors (Lipinski definition) is 1. The normalized spacial score (nSPS) is 10.7. The van der Waals surface area contributed by atoms with Crippen molar-refractivity contribution in [3.63, 3.8) is 0 Å². The van der Waals surface area contributed by atoms with Crippen LogP contribution in [0.2, 0.25) is 5.02 Å². The third-order valence-corrected chi connectivity index (χ3v) is 3.30. The Morgan fingerprint density at radius 1 is 1.00 bits per heavy atom. The molecule has 0 unspecified atom stereocenters. The molecule has 0 atom stereocenters. The van der Waals surface area contributed by atoms with E-state index >= 15 is 0 Å². The highest BCUT2D eigenvalue weighted by molar-refractivity contribution is 6.30. The number of aromatic nitrogens is 2. The SMILES string of the molecule is CCNc1nc(-c2ccc(Cl)cc2)nc2ccccc12. The van der Waals surface area contributed by atoms with Crippen molar-refractivity contribution in [1.82, 2.24) is 9.97 Å². The third kappa shape index (κ3) is 2.45. The number of fused-ring (bicyclic) bond motifs is 1. The highest BCUT2D eigenvalue weighted by atomic mass is 35.5. The molecular weight excluding hydrogens is 270 g/mol. The highest BCUT2D eigenvalue weighted by Crippen LogP contribution is 2.25. The largest absolute Gasteiger partial charge is 0.370 e. The van der Waals surface area contributed by atoms with E-state index < -0.39 is 0 Å². The van der Waals surface area contributed by atoms with Crippen LogP contribution < -0.4 is 5.32 Å². The Morgan fingerprint density at radius 2 is 1.75 bits per heavy atom. The molecule has 100 valence electrons. The Balaban J connectivity index is 2.18. The Hall–Kier alpha value is -2.13. The van der Waals surface area contributed by atoms with Crippen molar-refractivity contribution in [2.45, 2.75) is 6.92 Å². The van der Waals surface area contributed by atoms with Crippen LogP contribution in [-0.2, 0) is 0 Å². The molecule has 0 saturated heterocycles. The zero-order chi connectivity index (χ0) is 13.9. The summed E-state index contributed by atoms with van der Waals surface area (Å²) in [6, 6.07) is 15.6. The summed E-state index contributed by atoms with van der Waals surface area (Å²) in [5.41, 5.74) is 1.89. The van der Waals surface area contributed by atoms with E-state index in [1.807, 2.05) is 48.5 Å². The zero-order valence-electron chi connectivity index (χ0n) is 11.1. The predicted molar refractivity (Wildman–Crippen MR) is 84.1 cm³/mol. The Morgan fingerprint density at radius 3 is 2.50 bits per heavy atom. The summed E-state index contributed by atoms with van der Waals surface area (Å²) in [6.45, 7) is 2.87. The second kappa shape index (κ2) is 5.47. The number of rotatable bonds is 3. The van der Waals surface area contributed by atoms with Crippen molar-refractivity contribution in [3.8, 4) is 11.4 Å². The lowest BCUT2D eigenvalue weighted by Crippen LogP contribution is -2.02. The van der Waals surface area contributed by atoms with E-state index in [2.05, 4.69) is 22.2 Å². The first-order valence-electron chi connectivity index (χ1n) is 6.54. The second-order valence-corrected chi connectivity index (χ2v) is 4.89. The molecule has 0 radical (unpaired) electrons. The number of nitrogens with one attached hydrogen (secondary N) is 1. The zero-order valence-corrected chi connectivity index (χ0v) is 11.9. The fourth-order valence-corrected chi connectivity index (χ4v) is 2.23. The van der Waals surface area contributed by atoms with Gasteiger partial charge < -0.3 is 5.32 Å². The van der Waals surface area contributed by atoms with Gasteiger partial charge in [0, 0.05) is 22.5 Å². The van der Waals surface area contributed by atoms with Gasteiger partial charge in [0.1, 0.15) is 5.82 Å². The van der Waals surface area contributed by atoms with Gasteiger partial charge in [0.25, 0.3) is 0 Å². The van der Waals surface area contributed by atoms with Crippen LogP contribution in [0.25, 0.3) is 22.3 Å². The average molecular weight is 284 g/mol. The lowest BCUT2D eigenvalue weighted by Gasteiger charge is -2.09. The van der Waals surface area contributed by atoms with Gasteiger partial charge in [-0.15, -0.1) is 0 Å². The van der Waals surface area contributed by atoms with Gasteiger partial charge in [-0.25, -0.2) is 9.97 Å². The minimum absolute atomic E-state index is 0.705. The molecule has 0 spiro atoms. The van der Waals surface area contributed by atoms with Crippen LogP contribution in [0.15, 0.2) is 48.5 Å². The monoisotopic (exact) mass is 283 g/mol. The Bertz CT molecular complexity index is 738. The fourth-order valence-electron chi connectivity index (χ4n) is 2.11. The van der Waals surface area contributed by atoms with Crippen LogP contribution in [0.4, 0.5) is 5.82 Å². The van der Waals surface area contributed by atoms with Gasteiger partial charge in [-0.1, -0.05) is 23.7 Å². The molecule has 3 aromatic rings. The van der Waals surface area contributed by atoms with Crippen LogP contribution >= 0.6 is 11.6 Å². The number of nitrogens with zero attached hydrogens (tertiary/aromatic N) is 2. The van der Waals surface area contributed by atoms with Crippen molar-refractivity contribution in [2.24, 2.45) is 0 Å². The molecule has 1 N–H and O–H groups in total. The van der Waals surface area contributed by atoms with Gasteiger partial charge in [-0.05, 0) is 43.3 Å². The molecule has 1 heterocycles. The fraction of sp³-hybridized carbons (Fsp3) is 0.125. The number of halogens is 1. The van der Waals surface area contributed by atoms with E-state index in [1.165, 1.54) is 0 Å². The first kappa shape index (κ1) is 12.9. The minimum atomic E-state index is 0.705. The first-order chi connectivity index (χ1) is 9.78. The standard InChI is InChI=1S/C16H14ClN3/c1-2-18-16-13-5-3-4-6-14(13)19-15(20-16)11-7-9-12(17)10-8-11/h3-10H,2H2,1H3,(H,18,19,20). The lowest BCUT2D eigenvalue weighted by molar-refractivity contribution is 1.14. The maximum atomic E-state index is 5.92. The Kier molecular flexibility index (Phi) is 3.52. The summed E-state index contributed by atoms with van der Waals surface area (Å²) in [5.74, 6) is 1.57. The van der Waals surface area contributed by atoms with Crippen LogP contribution in [0, 0.1) is 0 Å². The highest BCUT2D eigenvalue weighted by Gasteiger charge is 2.08. The summed E-state index contributed by atoms with van der Waals surface area (Å²) in [6.07, 6.45) is 0. The van der Waals surface area contributed by atoms with Crippen LogP contribution in [0.5, 0.6) is 0 Å². The van der Waals surface area contributed by atoms with Crippen LogP contribution in [0.1, 0.15) is 6.92 Å². The summed E-state index contributed by atoms with van der Waals surface area (Å²) >= 11 is 5.92. The molecule has 0 bridgehead atoms. The minimum Gasteiger partial charge on any atom is -0.370 e. The predicted octanol–water partition coefficient (Wildman–Crippen LogP) is 4.38. The number of hydrogen-bond acceptors (Lipinski definition) is 3. The van der Waals surface area contributed by atoms with E-state index in [0.717, 1.165) is 28.8 Å². The molecule has 0 aliphatic heterocycles. The van der Waals surface area contributed by atoms with Gasteiger partial charge in [-0.2, -0.15) is 0 Å². The Labute approximate surface area is 122 Å². The van der Waals surface area contributed by atoms with Crippen LogP contribution in [-0.4, -0.2) is 16.5 Å². The van der Waals surface area contributed by atoms with Crippen molar-refractivity contribution >= 4 is 28.3 Å². The summed E-state index contributed by atoms with van der Waals surface area (Å²) in [4.78, 5) is 9.25. The maximum absolute atomic E-state index is 5.92. The molecule has 0 aliphatic carbocycles. The summed E-state index contributed by atoms with van der Waals surface area (Å²) in [7, 11) is 0. The molecule has 0 fully saturated rings. The molecule has 0 amide bonds. The van der Waals surface area contributed by atoms with Crippen molar-refractivity contribution < 1.29 is 0 Å². The van der Waals surface area contributed by atoms with E-state index in [4.69, 9.17) is 11.6 Å². The molecule has 3 rings (SSSR count).